The van der Waals surface area contributed by atoms with E-state index in [9.17, 15) is 0 Å². The number of hydrogen-bond acceptors (Lipinski definition) is 4. The van der Waals surface area contributed by atoms with Gasteiger partial charge < -0.3 is 4.57 Å². The molecule has 2 aromatic carbocycles. The van der Waals surface area contributed by atoms with E-state index in [0.29, 0.717) is 0 Å². The van der Waals surface area contributed by atoms with Crippen LogP contribution in [0.4, 0.5) is 5.69 Å². The second kappa shape index (κ2) is 4.82. The molecule has 0 aliphatic heterocycles. The van der Waals surface area contributed by atoms with Crippen LogP contribution in [-0.2, 0) is 6.54 Å². The SMILES string of the molecule is CCn1c(=Nc2c[c]c3nn[nH]c3c2)sc2ccccc21. The molecule has 0 aliphatic carbocycles. The highest BCUT2D eigenvalue weighted by molar-refractivity contribution is 7.16. The molecule has 0 amide bonds. The molecule has 1 radical (unpaired) electrons. The third-order valence-electron chi connectivity index (χ3n) is 3.35. The minimum atomic E-state index is 0.730. The van der Waals surface area contributed by atoms with Crippen molar-refractivity contribution >= 4 is 38.3 Å². The minimum Gasteiger partial charge on any atom is -0.317 e. The Morgan fingerprint density at radius 2 is 2.29 bits per heavy atom. The van der Waals surface area contributed by atoms with Gasteiger partial charge in [0.05, 0.1) is 21.4 Å². The fraction of sp³-hybridized carbons (Fsp3) is 0.133. The molecule has 0 fully saturated rings. The van der Waals surface area contributed by atoms with E-state index in [1.54, 1.807) is 11.3 Å². The summed E-state index contributed by atoms with van der Waals surface area (Å²) >= 11 is 1.69. The molecule has 103 valence electrons. The van der Waals surface area contributed by atoms with Crippen molar-refractivity contribution in [1.29, 1.82) is 0 Å². The Morgan fingerprint density at radius 1 is 1.38 bits per heavy atom. The van der Waals surface area contributed by atoms with E-state index >= 15 is 0 Å². The fourth-order valence-corrected chi connectivity index (χ4v) is 3.48. The molecule has 0 spiro atoms. The van der Waals surface area contributed by atoms with Gasteiger partial charge in [0.2, 0.25) is 0 Å². The van der Waals surface area contributed by atoms with Crippen LogP contribution in [0.2, 0.25) is 0 Å². The number of thiazole rings is 1. The first-order chi connectivity index (χ1) is 10.3. The molecule has 1 N–H and O–H groups in total. The lowest BCUT2D eigenvalue weighted by atomic mass is 10.3. The Morgan fingerprint density at radius 3 is 3.19 bits per heavy atom. The van der Waals surface area contributed by atoms with E-state index in [2.05, 4.69) is 57.2 Å². The summed E-state index contributed by atoms with van der Waals surface area (Å²) in [6.45, 7) is 3.02. The maximum absolute atomic E-state index is 4.75. The average Bonchev–Trinajstić information content (AvgIpc) is 3.10. The zero-order valence-corrected chi connectivity index (χ0v) is 12.2. The molecule has 0 saturated carbocycles. The first kappa shape index (κ1) is 12.3. The summed E-state index contributed by atoms with van der Waals surface area (Å²) in [4.78, 5) is 5.74. The van der Waals surface area contributed by atoms with E-state index < -0.39 is 0 Å². The van der Waals surface area contributed by atoms with Crippen LogP contribution in [0.5, 0.6) is 0 Å². The second-order valence-corrected chi connectivity index (χ2v) is 5.65. The summed E-state index contributed by atoms with van der Waals surface area (Å²) in [5.41, 5.74) is 3.65. The second-order valence-electron chi connectivity index (χ2n) is 4.64. The molecule has 2 aromatic heterocycles. The summed E-state index contributed by atoms with van der Waals surface area (Å²) < 4.78 is 3.46. The number of nitrogens with zero attached hydrogens (tertiary/aromatic N) is 4. The molecule has 0 saturated heterocycles. The number of aromatic nitrogens is 4. The van der Waals surface area contributed by atoms with Crippen LogP contribution in [0.3, 0.4) is 0 Å². The Hall–Kier alpha value is -2.47. The van der Waals surface area contributed by atoms with Crippen molar-refractivity contribution < 1.29 is 0 Å². The van der Waals surface area contributed by atoms with Crippen molar-refractivity contribution in [1.82, 2.24) is 20.0 Å². The molecular formula is C15H12N5S. The molecule has 0 aliphatic rings. The van der Waals surface area contributed by atoms with E-state index in [4.69, 9.17) is 4.99 Å². The first-order valence-electron chi connectivity index (χ1n) is 6.71. The van der Waals surface area contributed by atoms with Gasteiger partial charge in [0, 0.05) is 12.6 Å². The number of aromatic amines is 1. The Bertz CT molecular complexity index is 992. The molecule has 4 rings (SSSR count). The zero-order chi connectivity index (χ0) is 14.2. The van der Waals surface area contributed by atoms with Gasteiger partial charge in [-0.25, -0.2) is 4.99 Å². The van der Waals surface area contributed by atoms with Gasteiger partial charge in [-0.1, -0.05) is 28.7 Å². The van der Waals surface area contributed by atoms with Crippen LogP contribution in [0.15, 0.2) is 41.4 Å². The topological polar surface area (TPSA) is 58.9 Å². The summed E-state index contributed by atoms with van der Waals surface area (Å²) in [5, 5.41) is 10.5. The van der Waals surface area contributed by atoms with E-state index in [1.165, 1.54) is 10.2 Å². The quantitative estimate of drug-likeness (QED) is 0.618. The van der Waals surface area contributed by atoms with Gasteiger partial charge in [-0.3, -0.25) is 5.10 Å². The van der Waals surface area contributed by atoms with Crippen molar-refractivity contribution in [2.75, 3.05) is 0 Å². The molecule has 0 atom stereocenters. The molecule has 2 heterocycles. The van der Waals surface area contributed by atoms with Crippen LogP contribution in [0, 0.1) is 6.07 Å². The van der Waals surface area contributed by atoms with Crippen LogP contribution >= 0.6 is 11.3 Å². The highest BCUT2D eigenvalue weighted by Gasteiger charge is 2.04. The van der Waals surface area contributed by atoms with Crippen LogP contribution < -0.4 is 4.80 Å². The standard InChI is InChI=1S/C15H12N5S/c1-2-20-13-5-3-4-6-14(13)21-15(20)16-10-7-8-11-12(9-10)18-19-17-11/h3-7,9H,2H2,1H3,(H,17,18,19). The predicted octanol–water partition coefficient (Wildman–Crippen LogP) is 3.03. The van der Waals surface area contributed by atoms with Gasteiger partial charge in [0.25, 0.3) is 0 Å². The van der Waals surface area contributed by atoms with E-state index in [-0.39, 0.29) is 0 Å². The fourth-order valence-electron chi connectivity index (χ4n) is 2.36. The van der Waals surface area contributed by atoms with Crippen molar-refractivity contribution in [3.63, 3.8) is 0 Å². The summed E-state index contributed by atoms with van der Waals surface area (Å²) in [6, 6.07) is 15.2. The number of hydrogen-bond donors (Lipinski definition) is 1. The number of benzene rings is 2. The van der Waals surface area contributed by atoms with Crippen LogP contribution in [-0.4, -0.2) is 20.0 Å². The van der Waals surface area contributed by atoms with Gasteiger partial charge in [0.1, 0.15) is 5.52 Å². The third-order valence-corrected chi connectivity index (χ3v) is 4.41. The smallest absolute Gasteiger partial charge is 0.190 e. The molecular weight excluding hydrogens is 282 g/mol. The van der Waals surface area contributed by atoms with Crippen molar-refractivity contribution in [2.24, 2.45) is 4.99 Å². The lowest BCUT2D eigenvalue weighted by Gasteiger charge is -1.99. The minimum absolute atomic E-state index is 0.730. The molecule has 21 heavy (non-hydrogen) atoms. The Kier molecular flexibility index (Phi) is 2.82. The molecule has 4 aromatic rings. The van der Waals surface area contributed by atoms with Gasteiger partial charge in [-0.05, 0) is 31.2 Å². The first-order valence-corrected chi connectivity index (χ1v) is 7.52. The number of rotatable bonds is 2. The number of aryl methyl sites for hydroxylation is 1. The lowest BCUT2D eigenvalue weighted by molar-refractivity contribution is 0.765. The van der Waals surface area contributed by atoms with Crippen molar-refractivity contribution in [3.05, 3.63) is 47.3 Å². The van der Waals surface area contributed by atoms with Crippen molar-refractivity contribution in [3.8, 4) is 0 Å². The number of para-hydroxylation sites is 1. The highest BCUT2D eigenvalue weighted by atomic mass is 32.1. The number of fused-ring (bicyclic) bond motifs is 2. The van der Waals surface area contributed by atoms with Gasteiger partial charge in [-0.15, -0.1) is 5.10 Å². The van der Waals surface area contributed by atoms with Gasteiger partial charge >= 0.3 is 0 Å². The van der Waals surface area contributed by atoms with E-state index in [0.717, 1.165) is 28.1 Å². The average molecular weight is 294 g/mol. The maximum atomic E-state index is 4.75. The van der Waals surface area contributed by atoms with Crippen LogP contribution in [0.25, 0.3) is 21.3 Å². The van der Waals surface area contributed by atoms with Gasteiger partial charge in [0.15, 0.2) is 4.80 Å². The third kappa shape index (κ3) is 2.04. The number of H-pyrrole nitrogens is 1. The highest BCUT2D eigenvalue weighted by Crippen LogP contribution is 2.20. The lowest BCUT2D eigenvalue weighted by Crippen LogP contribution is -2.12. The molecule has 5 nitrogen and oxygen atoms in total. The molecule has 6 heteroatoms. The van der Waals surface area contributed by atoms with Gasteiger partial charge in [-0.2, -0.15) is 0 Å². The monoisotopic (exact) mass is 294 g/mol. The van der Waals surface area contributed by atoms with E-state index in [1.807, 2.05) is 12.1 Å². The predicted molar refractivity (Wildman–Crippen MR) is 83.4 cm³/mol. The Balaban J connectivity index is 1.95. The maximum Gasteiger partial charge on any atom is 0.190 e. The molecule has 0 bridgehead atoms. The normalized spacial score (nSPS) is 12.5. The zero-order valence-electron chi connectivity index (χ0n) is 11.4. The summed E-state index contributed by atoms with van der Waals surface area (Å²) in [6.07, 6.45) is 0. The number of nitrogens with one attached hydrogen (secondary N) is 1. The van der Waals surface area contributed by atoms with Crippen LogP contribution in [0.1, 0.15) is 6.92 Å². The summed E-state index contributed by atoms with van der Waals surface area (Å²) in [5.74, 6) is 0. The summed E-state index contributed by atoms with van der Waals surface area (Å²) in [7, 11) is 0. The Labute approximate surface area is 124 Å². The largest absolute Gasteiger partial charge is 0.317 e. The van der Waals surface area contributed by atoms with Crippen molar-refractivity contribution in [2.45, 2.75) is 13.5 Å². The molecule has 0 unspecified atom stereocenters.